The summed E-state index contributed by atoms with van der Waals surface area (Å²) in [7, 11) is -2.63. The number of anilines is 2. The number of carbonyl (C=O) groups is 1. The van der Waals surface area contributed by atoms with Gasteiger partial charge in [0, 0.05) is 48.3 Å². The molecule has 0 spiro atoms. The van der Waals surface area contributed by atoms with Crippen LogP contribution >= 0.6 is 34.8 Å². The number of amides is 1. The van der Waals surface area contributed by atoms with Gasteiger partial charge in [0.2, 0.25) is 5.91 Å². The maximum absolute atomic E-state index is 13.4. The van der Waals surface area contributed by atoms with Crippen molar-refractivity contribution in [2.75, 3.05) is 23.1 Å². The van der Waals surface area contributed by atoms with Crippen molar-refractivity contribution in [2.45, 2.75) is 37.6 Å². The number of benzene rings is 3. The normalized spacial score (nSPS) is 15.3. The van der Waals surface area contributed by atoms with E-state index in [0.29, 0.717) is 28.0 Å². The van der Waals surface area contributed by atoms with Gasteiger partial charge in [-0.05, 0) is 73.9 Å². The summed E-state index contributed by atoms with van der Waals surface area (Å²) in [5.74, 6) is -0.287. The monoisotopic (exact) mass is 661 g/mol. The maximum Gasteiger partial charge on any atom is 0.296 e. The molecule has 1 atom stereocenters. The lowest BCUT2D eigenvalue weighted by Gasteiger charge is -2.35. The number of halogens is 3. The van der Waals surface area contributed by atoms with Gasteiger partial charge < -0.3 is 5.32 Å². The number of fused-ring (bicyclic) bond motifs is 1. The second kappa shape index (κ2) is 12.4. The highest BCUT2D eigenvalue weighted by molar-refractivity contribution is 7.92. The molecule has 2 N–H and O–H groups in total. The van der Waals surface area contributed by atoms with Crippen LogP contribution in [0.15, 0.2) is 70.4 Å². The Morgan fingerprint density at radius 3 is 2.47 bits per heavy atom. The number of hydrogen-bond acceptors (Lipinski definition) is 5. The first kappa shape index (κ1) is 31.2. The predicted octanol–water partition coefficient (Wildman–Crippen LogP) is 6.19. The van der Waals surface area contributed by atoms with Crippen LogP contribution in [0, 0.1) is 6.92 Å². The number of para-hydroxylation sites is 1. The zero-order valence-electron chi connectivity index (χ0n) is 23.7. The molecular formula is C30H30Cl3N5O4S. The van der Waals surface area contributed by atoms with Crippen LogP contribution in [0.4, 0.5) is 11.4 Å². The van der Waals surface area contributed by atoms with Crippen LogP contribution in [0.2, 0.25) is 15.1 Å². The molecule has 0 saturated carbocycles. The van der Waals surface area contributed by atoms with Crippen molar-refractivity contribution < 1.29 is 13.2 Å². The number of nitrogens with one attached hydrogen (secondary N) is 2. The molecule has 5 rings (SSSR count). The van der Waals surface area contributed by atoms with Gasteiger partial charge >= 0.3 is 0 Å². The van der Waals surface area contributed by atoms with Crippen LogP contribution in [0.25, 0.3) is 5.69 Å². The molecule has 226 valence electrons. The second-order valence-corrected chi connectivity index (χ2v) is 13.3. The van der Waals surface area contributed by atoms with Gasteiger partial charge in [0.05, 0.1) is 16.4 Å². The summed E-state index contributed by atoms with van der Waals surface area (Å²) in [5.41, 5.74) is 2.75. The highest BCUT2D eigenvalue weighted by atomic mass is 35.5. The van der Waals surface area contributed by atoms with Crippen LogP contribution in [-0.2, 0) is 28.3 Å². The van der Waals surface area contributed by atoms with Crippen LogP contribution in [0.5, 0.6) is 0 Å². The van der Waals surface area contributed by atoms with Gasteiger partial charge in [-0.3, -0.25) is 23.9 Å². The summed E-state index contributed by atoms with van der Waals surface area (Å²) in [6, 6.07) is 16.8. The van der Waals surface area contributed by atoms with Crippen molar-refractivity contribution in [2.24, 2.45) is 7.05 Å². The smallest absolute Gasteiger partial charge is 0.296 e. The van der Waals surface area contributed by atoms with Gasteiger partial charge in [-0.25, -0.2) is 13.1 Å². The number of carbonyl (C=O) groups excluding carboxylic acids is 1. The zero-order chi connectivity index (χ0) is 31.1. The molecule has 13 heteroatoms. The highest BCUT2D eigenvalue weighted by Crippen LogP contribution is 2.36. The maximum atomic E-state index is 13.4. The standard InChI is InChI=1S/C30H30Cl3N5O4S/c1-18-24-15-20(31)16-26(33)23(24)11-13-37(18)14-12-28(39)34-21-9-10-25(32)27(17-21)43(41,42)35-29-19(2)36(3)38(30(29)40)22-7-5-4-6-8-22/h4-10,15-18,35H,11-14H2,1-3H3,(H,34,39). The molecule has 0 bridgehead atoms. The lowest BCUT2D eigenvalue weighted by Crippen LogP contribution is -2.36. The molecule has 0 radical (unpaired) electrons. The summed E-state index contributed by atoms with van der Waals surface area (Å²) in [4.78, 5) is 28.1. The quantitative estimate of drug-likeness (QED) is 0.234. The molecule has 0 fully saturated rings. The third kappa shape index (κ3) is 6.34. The van der Waals surface area contributed by atoms with Crippen molar-refractivity contribution in [1.82, 2.24) is 14.3 Å². The van der Waals surface area contributed by atoms with Gasteiger partial charge in [-0.2, -0.15) is 0 Å². The Labute approximate surface area is 265 Å². The zero-order valence-corrected chi connectivity index (χ0v) is 26.8. The Morgan fingerprint density at radius 1 is 1.02 bits per heavy atom. The third-order valence-electron chi connectivity index (χ3n) is 7.76. The largest absolute Gasteiger partial charge is 0.326 e. The summed E-state index contributed by atoms with van der Waals surface area (Å²) < 4.78 is 32.2. The lowest BCUT2D eigenvalue weighted by atomic mass is 9.93. The molecule has 1 amide bonds. The SMILES string of the molecule is Cc1c(NS(=O)(=O)c2cc(NC(=O)CCN3CCc4c(Cl)cc(Cl)cc4C3C)ccc2Cl)c(=O)n(-c2ccccc2)n1C. The van der Waals surface area contributed by atoms with Crippen molar-refractivity contribution in [3.05, 3.63) is 103 Å². The highest BCUT2D eigenvalue weighted by Gasteiger charge is 2.27. The molecule has 4 aromatic rings. The Bertz CT molecular complexity index is 1870. The fraction of sp³-hybridized carbons (Fsp3) is 0.267. The van der Waals surface area contributed by atoms with E-state index in [0.717, 1.165) is 24.1 Å². The Kier molecular flexibility index (Phi) is 8.97. The number of nitrogens with zero attached hydrogens (tertiary/aromatic N) is 3. The van der Waals surface area contributed by atoms with E-state index < -0.39 is 15.6 Å². The first-order chi connectivity index (χ1) is 20.4. The average Bonchev–Trinajstić information content (AvgIpc) is 3.16. The van der Waals surface area contributed by atoms with E-state index in [1.807, 2.05) is 12.1 Å². The van der Waals surface area contributed by atoms with E-state index in [1.165, 1.54) is 22.9 Å². The van der Waals surface area contributed by atoms with Crippen LogP contribution in [0.1, 0.15) is 36.2 Å². The summed E-state index contributed by atoms with van der Waals surface area (Å²) in [6.45, 7) is 4.91. The summed E-state index contributed by atoms with van der Waals surface area (Å²) >= 11 is 18.9. The van der Waals surface area contributed by atoms with Gasteiger partial charge in [0.15, 0.2) is 0 Å². The molecule has 2 heterocycles. The minimum Gasteiger partial charge on any atom is -0.326 e. The van der Waals surface area contributed by atoms with Gasteiger partial charge in [-0.15, -0.1) is 0 Å². The lowest BCUT2D eigenvalue weighted by molar-refractivity contribution is -0.116. The Morgan fingerprint density at radius 2 is 1.74 bits per heavy atom. The number of hydrogen-bond donors (Lipinski definition) is 2. The fourth-order valence-corrected chi connectivity index (χ4v) is 7.59. The molecule has 1 aromatic heterocycles. The van der Waals surface area contributed by atoms with E-state index in [1.54, 1.807) is 49.0 Å². The van der Waals surface area contributed by atoms with Gasteiger partial charge in [0.1, 0.15) is 10.6 Å². The second-order valence-electron chi connectivity index (χ2n) is 10.4. The molecule has 3 aromatic carbocycles. The molecular weight excluding hydrogens is 633 g/mol. The number of aromatic nitrogens is 2. The summed E-state index contributed by atoms with van der Waals surface area (Å²) in [6.07, 6.45) is 0.930. The molecule has 0 saturated heterocycles. The van der Waals surface area contributed by atoms with Gasteiger partial charge in [-0.1, -0.05) is 53.0 Å². The Balaban J connectivity index is 1.30. The first-order valence-corrected chi connectivity index (χ1v) is 16.2. The Hall–Kier alpha value is -3.28. The van der Waals surface area contributed by atoms with Crippen LogP contribution in [0.3, 0.4) is 0 Å². The minimum absolute atomic E-state index is 0.0269. The topological polar surface area (TPSA) is 105 Å². The van der Waals surface area contributed by atoms with E-state index in [9.17, 15) is 18.0 Å². The summed E-state index contributed by atoms with van der Waals surface area (Å²) in [5, 5.41) is 3.93. The molecule has 1 aliphatic heterocycles. The van der Waals surface area contributed by atoms with E-state index >= 15 is 0 Å². The number of rotatable bonds is 8. The van der Waals surface area contributed by atoms with E-state index in [-0.39, 0.29) is 39.7 Å². The van der Waals surface area contributed by atoms with Crippen molar-refractivity contribution in [1.29, 1.82) is 0 Å². The molecule has 43 heavy (non-hydrogen) atoms. The van der Waals surface area contributed by atoms with Crippen LogP contribution in [-0.4, -0.2) is 41.7 Å². The van der Waals surface area contributed by atoms with Gasteiger partial charge in [0.25, 0.3) is 15.6 Å². The minimum atomic E-state index is -4.29. The number of sulfonamides is 1. The van der Waals surface area contributed by atoms with Crippen molar-refractivity contribution in [3.8, 4) is 5.69 Å². The molecule has 1 aliphatic rings. The molecule has 9 nitrogen and oxygen atoms in total. The first-order valence-electron chi connectivity index (χ1n) is 13.6. The van der Waals surface area contributed by atoms with E-state index in [2.05, 4.69) is 21.9 Å². The van der Waals surface area contributed by atoms with E-state index in [4.69, 9.17) is 34.8 Å². The van der Waals surface area contributed by atoms with Crippen LogP contribution < -0.4 is 15.6 Å². The molecule has 0 aliphatic carbocycles. The average molecular weight is 663 g/mol. The van der Waals surface area contributed by atoms with Crippen molar-refractivity contribution >= 4 is 62.1 Å². The third-order valence-corrected chi connectivity index (χ3v) is 10.1. The molecule has 1 unspecified atom stereocenters. The van der Waals surface area contributed by atoms with Crippen molar-refractivity contribution in [3.63, 3.8) is 0 Å². The predicted molar refractivity (Wildman–Crippen MR) is 171 cm³/mol. The fourth-order valence-electron chi connectivity index (χ4n) is 5.34.